The third kappa shape index (κ3) is 1.55. The fourth-order valence-corrected chi connectivity index (χ4v) is 0.697. The van der Waals surface area contributed by atoms with Crippen molar-refractivity contribution >= 4 is 0 Å². The molecule has 0 aliphatic rings. The van der Waals surface area contributed by atoms with Crippen LogP contribution in [-0.4, -0.2) is 28.8 Å². The highest BCUT2D eigenvalue weighted by molar-refractivity contribution is 4.91. The van der Waals surface area contributed by atoms with Crippen molar-refractivity contribution in [3.8, 4) is 0 Å². The van der Waals surface area contributed by atoms with Crippen molar-refractivity contribution in [2.75, 3.05) is 13.7 Å². The molecule has 0 radical (unpaired) electrons. The van der Waals surface area contributed by atoms with Gasteiger partial charge in [0.15, 0.2) is 0 Å². The predicted molar refractivity (Wildman–Crippen MR) is 35.4 cm³/mol. The summed E-state index contributed by atoms with van der Waals surface area (Å²) in [6, 6.07) is 0. The first-order valence-electron chi connectivity index (χ1n) is 3.01. The van der Waals surface area contributed by atoms with E-state index in [1.807, 2.05) is 0 Å². The van der Waals surface area contributed by atoms with Gasteiger partial charge in [-0.25, -0.2) is 4.98 Å². The van der Waals surface area contributed by atoms with Gasteiger partial charge in [0.1, 0.15) is 11.9 Å². The standard InChI is InChI=1S/C6H10N2O2/c1-10-4-5(9)6-7-2-3-8-6/h2-3,5,9H,4H2,1H3,(H,7,8). The number of aromatic amines is 1. The van der Waals surface area contributed by atoms with Crippen molar-refractivity contribution in [1.29, 1.82) is 0 Å². The number of ether oxygens (including phenoxy) is 1. The van der Waals surface area contributed by atoms with Crippen LogP contribution in [-0.2, 0) is 4.74 Å². The molecule has 4 heteroatoms. The summed E-state index contributed by atoms with van der Waals surface area (Å²) in [7, 11) is 1.53. The first-order valence-corrected chi connectivity index (χ1v) is 3.01. The molecule has 0 aliphatic heterocycles. The summed E-state index contributed by atoms with van der Waals surface area (Å²) in [5.74, 6) is 0.543. The Hall–Kier alpha value is -0.870. The van der Waals surface area contributed by atoms with E-state index in [-0.39, 0.29) is 6.61 Å². The molecular formula is C6H10N2O2. The molecule has 1 heterocycles. The summed E-state index contributed by atoms with van der Waals surface area (Å²) < 4.78 is 4.72. The summed E-state index contributed by atoms with van der Waals surface area (Å²) >= 11 is 0. The highest BCUT2D eigenvalue weighted by Crippen LogP contribution is 2.04. The Kier molecular flexibility index (Phi) is 2.42. The molecule has 1 aromatic heterocycles. The number of H-pyrrole nitrogens is 1. The molecule has 4 nitrogen and oxygen atoms in total. The lowest BCUT2D eigenvalue weighted by atomic mass is 10.4. The van der Waals surface area contributed by atoms with E-state index in [0.717, 1.165) is 0 Å². The zero-order valence-corrected chi connectivity index (χ0v) is 5.74. The molecule has 56 valence electrons. The van der Waals surface area contributed by atoms with E-state index in [0.29, 0.717) is 5.82 Å². The molecule has 2 N–H and O–H groups in total. The smallest absolute Gasteiger partial charge is 0.137 e. The van der Waals surface area contributed by atoms with Crippen molar-refractivity contribution in [1.82, 2.24) is 9.97 Å². The van der Waals surface area contributed by atoms with E-state index in [1.54, 1.807) is 12.4 Å². The van der Waals surface area contributed by atoms with E-state index in [1.165, 1.54) is 7.11 Å². The average Bonchev–Trinajstić information content (AvgIpc) is 2.38. The van der Waals surface area contributed by atoms with Gasteiger partial charge >= 0.3 is 0 Å². The summed E-state index contributed by atoms with van der Waals surface area (Å²) in [5, 5.41) is 9.19. The molecule has 0 aliphatic carbocycles. The second-order valence-electron chi connectivity index (χ2n) is 1.95. The Bertz CT molecular complexity index is 174. The van der Waals surface area contributed by atoms with Gasteiger partial charge in [-0.1, -0.05) is 0 Å². The molecule has 0 saturated carbocycles. The van der Waals surface area contributed by atoms with Crippen molar-refractivity contribution in [2.24, 2.45) is 0 Å². The Labute approximate surface area is 58.9 Å². The first-order chi connectivity index (χ1) is 4.84. The van der Waals surface area contributed by atoms with Crippen LogP contribution in [0.25, 0.3) is 0 Å². The first kappa shape index (κ1) is 7.24. The zero-order valence-electron chi connectivity index (χ0n) is 5.74. The Morgan fingerprint density at radius 1 is 1.90 bits per heavy atom. The predicted octanol–water partition coefficient (Wildman–Crippen LogP) is 0.0895. The van der Waals surface area contributed by atoms with E-state index < -0.39 is 6.10 Å². The van der Waals surface area contributed by atoms with E-state index in [2.05, 4.69) is 9.97 Å². The van der Waals surface area contributed by atoms with Crippen LogP contribution in [0.3, 0.4) is 0 Å². The molecule has 10 heavy (non-hydrogen) atoms. The molecule has 0 spiro atoms. The fraction of sp³-hybridized carbons (Fsp3) is 0.500. The van der Waals surface area contributed by atoms with Gasteiger partial charge in [-0.05, 0) is 0 Å². The molecule has 0 aromatic carbocycles. The van der Waals surface area contributed by atoms with E-state index in [9.17, 15) is 5.11 Å². The summed E-state index contributed by atoms with van der Waals surface area (Å²) in [4.78, 5) is 6.63. The molecule has 0 bridgehead atoms. The number of methoxy groups -OCH3 is 1. The quantitative estimate of drug-likeness (QED) is 0.628. The molecule has 0 fully saturated rings. The minimum atomic E-state index is -0.639. The zero-order chi connectivity index (χ0) is 7.40. The van der Waals surface area contributed by atoms with Gasteiger partial charge in [0.2, 0.25) is 0 Å². The van der Waals surface area contributed by atoms with Crippen molar-refractivity contribution in [2.45, 2.75) is 6.10 Å². The van der Waals surface area contributed by atoms with Gasteiger partial charge in [-0.15, -0.1) is 0 Å². The molecule has 1 atom stereocenters. The molecule has 1 aromatic rings. The number of hydrogen-bond donors (Lipinski definition) is 2. The lowest BCUT2D eigenvalue weighted by Gasteiger charge is -2.04. The Balaban J connectivity index is 2.50. The van der Waals surface area contributed by atoms with Gasteiger partial charge in [0.05, 0.1) is 6.61 Å². The number of aliphatic hydroxyl groups excluding tert-OH is 1. The number of hydrogen-bond acceptors (Lipinski definition) is 3. The summed E-state index contributed by atoms with van der Waals surface area (Å²) in [5.41, 5.74) is 0. The van der Waals surface area contributed by atoms with Gasteiger partial charge in [0.25, 0.3) is 0 Å². The normalized spacial score (nSPS) is 13.4. The lowest BCUT2D eigenvalue weighted by molar-refractivity contribution is 0.0593. The third-order valence-electron chi connectivity index (χ3n) is 1.16. The monoisotopic (exact) mass is 142 g/mol. The second kappa shape index (κ2) is 3.34. The van der Waals surface area contributed by atoms with E-state index >= 15 is 0 Å². The number of rotatable bonds is 3. The van der Waals surface area contributed by atoms with Crippen LogP contribution in [0, 0.1) is 0 Å². The number of aromatic nitrogens is 2. The fourth-order valence-electron chi connectivity index (χ4n) is 0.697. The highest BCUT2D eigenvalue weighted by atomic mass is 16.5. The second-order valence-corrected chi connectivity index (χ2v) is 1.95. The number of nitrogens with one attached hydrogen (secondary N) is 1. The SMILES string of the molecule is COCC(O)c1ncc[nH]1. The van der Waals surface area contributed by atoms with Crippen molar-refractivity contribution in [3.05, 3.63) is 18.2 Å². The minimum absolute atomic E-state index is 0.271. The molecule has 0 saturated heterocycles. The van der Waals surface area contributed by atoms with Gasteiger partial charge in [0, 0.05) is 19.5 Å². The average molecular weight is 142 g/mol. The van der Waals surface area contributed by atoms with E-state index in [4.69, 9.17) is 4.74 Å². The Morgan fingerprint density at radius 2 is 2.70 bits per heavy atom. The van der Waals surface area contributed by atoms with Crippen molar-refractivity contribution in [3.63, 3.8) is 0 Å². The molecule has 1 rings (SSSR count). The molecule has 0 amide bonds. The molecule has 1 unspecified atom stereocenters. The number of aliphatic hydroxyl groups is 1. The van der Waals surface area contributed by atoms with Crippen LogP contribution < -0.4 is 0 Å². The van der Waals surface area contributed by atoms with Crippen LogP contribution in [0.2, 0.25) is 0 Å². The van der Waals surface area contributed by atoms with Crippen molar-refractivity contribution < 1.29 is 9.84 Å². The van der Waals surface area contributed by atoms with Gasteiger partial charge in [-0.3, -0.25) is 0 Å². The van der Waals surface area contributed by atoms with Gasteiger partial charge < -0.3 is 14.8 Å². The number of nitrogens with zero attached hydrogens (tertiary/aromatic N) is 1. The maximum Gasteiger partial charge on any atom is 0.137 e. The third-order valence-corrected chi connectivity index (χ3v) is 1.16. The topological polar surface area (TPSA) is 58.1 Å². The van der Waals surface area contributed by atoms with Crippen LogP contribution in [0.5, 0.6) is 0 Å². The largest absolute Gasteiger partial charge is 0.383 e. The molecular weight excluding hydrogens is 132 g/mol. The minimum Gasteiger partial charge on any atom is -0.383 e. The van der Waals surface area contributed by atoms with Crippen LogP contribution in [0.15, 0.2) is 12.4 Å². The highest BCUT2D eigenvalue weighted by Gasteiger charge is 2.07. The van der Waals surface area contributed by atoms with Crippen LogP contribution in [0.4, 0.5) is 0 Å². The number of imidazole rings is 1. The van der Waals surface area contributed by atoms with Gasteiger partial charge in [-0.2, -0.15) is 0 Å². The Morgan fingerprint density at radius 3 is 3.20 bits per heavy atom. The lowest BCUT2D eigenvalue weighted by Crippen LogP contribution is -2.06. The summed E-state index contributed by atoms with van der Waals surface area (Å²) in [6.45, 7) is 0.271. The van der Waals surface area contributed by atoms with Crippen LogP contribution >= 0.6 is 0 Å². The maximum atomic E-state index is 9.19. The summed E-state index contributed by atoms with van der Waals surface area (Å²) in [6.07, 6.45) is 2.61. The maximum absolute atomic E-state index is 9.19. The van der Waals surface area contributed by atoms with Crippen LogP contribution in [0.1, 0.15) is 11.9 Å².